The van der Waals surface area contributed by atoms with Crippen molar-refractivity contribution >= 4 is 23.6 Å². The summed E-state index contributed by atoms with van der Waals surface area (Å²) in [6, 6.07) is 9.31. The molecule has 2 rings (SSSR count). The van der Waals surface area contributed by atoms with Crippen LogP contribution in [0.25, 0.3) is 0 Å². The molecule has 1 N–H and O–H groups in total. The van der Waals surface area contributed by atoms with Gasteiger partial charge in [0.2, 0.25) is 0 Å². The summed E-state index contributed by atoms with van der Waals surface area (Å²) in [6.45, 7) is 0. The number of thioether (sulfide) groups is 1. The number of carbonyl (C=O) groups is 2. The van der Waals surface area contributed by atoms with E-state index in [1.165, 1.54) is 55.6 Å². The summed E-state index contributed by atoms with van der Waals surface area (Å²) in [5.41, 5.74) is -3.81. The van der Waals surface area contributed by atoms with Crippen LogP contribution in [-0.4, -0.2) is 24.5 Å². The third-order valence-electron chi connectivity index (χ3n) is 3.53. The SMILES string of the molecule is COC(=O)CC(NC(=O)c1ccc(SC(F)(F)F)cc1)c1ccc(F)cc1. The fraction of sp³-hybridized carbons (Fsp3) is 0.222. The molecule has 0 radical (unpaired) electrons. The number of esters is 1. The summed E-state index contributed by atoms with van der Waals surface area (Å²) >= 11 is -0.284. The van der Waals surface area contributed by atoms with E-state index in [2.05, 4.69) is 10.1 Å². The number of nitrogens with one attached hydrogen (secondary N) is 1. The summed E-state index contributed by atoms with van der Waals surface area (Å²) in [5, 5.41) is 2.61. The number of methoxy groups -OCH3 is 1. The lowest BCUT2D eigenvalue weighted by Crippen LogP contribution is -2.30. The van der Waals surface area contributed by atoms with E-state index in [0.29, 0.717) is 5.56 Å². The van der Waals surface area contributed by atoms with Gasteiger partial charge in [-0.1, -0.05) is 12.1 Å². The summed E-state index contributed by atoms with van der Waals surface area (Å²) < 4.78 is 54.8. The van der Waals surface area contributed by atoms with Gasteiger partial charge < -0.3 is 10.1 Å². The Hall–Kier alpha value is -2.55. The highest BCUT2D eigenvalue weighted by molar-refractivity contribution is 8.00. The van der Waals surface area contributed by atoms with Crippen molar-refractivity contribution in [1.82, 2.24) is 5.32 Å². The standard InChI is InChI=1S/C18H15F4NO3S/c1-26-16(24)10-15(11-2-6-13(19)7-3-11)23-17(25)12-4-8-14(9-5-12)27-18(20,21)22/h2-9,15H,10H2,1H3,(H,23,25). The van der Waals surface area contributed by atoms with Gasteiger partial charge in [0.15, 0.2) is 0 Å². The minimum atomic E-state index is -4.42. The molecule has 1 unspecified atom stereocenters. The van der Waals surface area contributed by atoms with Gasteiger partial charge in [0, 0.05) is 10.5 Å². The molecule has 9 heteroatoms. The Bertz CT molecular complexity index is 792. The molecule has 0 saturated heterocycles. The Morgan fingerprint density at radius 1 is 1.07 bits per heavy atom. The Morgan fingerprint density at radius 2 is 1.67 bits per heavy atom. The topological polar surface area (TPSA) is 55.4 Å². The Morgan fingerprint density at radius 3 is 2.19 bits per heavy atom. The van der Waals surface area contributed by atoms with E-state index in [9.17, 15) is 27.2 Å². The van der Waals surface area contributed by atoms with Crippen LogP contribution in [0.2, 0.25) is 0 Å². The van der Waals surface area contributed by atoms with Crippen LogP contribution in [0.5, 0.6) is 0 Å². The lowest BCUT2D eigenvalue weighted by atomic mass is 10.0. The number of ether oxygens (including phenoxy) is 1. The molecular weight excluding hydrogens is 386 g/mol. The van der Waals surface area contributed by atoms with Crippen molar-refractivity contribution in [2.24, 2.45) is 0 Å². The van der Waals surface area contributed by atoms with Crippen molar-refractivity contribution in [3.63, 3.8) is 0 Å². The number of hydrogen-bond donors (Lipinski definition) is 1. The van der Waals surface area contributed by atoms with Gasteiger partial charge >= 0.3 is 11.5 Å². The van der Waals surface area contributed by atoms with Crippen LogP contribution in [0, 0.1) is 5.82 Å². The number of amides is 1. The van der Waals surface area contributed by atoms with Crippen molar-refractivity contribution in [2.75, 3.05) is 7.11 Å². The molecule has 1 amide bonds. The zero-order valence-corrected chi connectivity index (χ0v) is 14.9. The number of benzene rings is 2. The van der Waals surface area contributed by atoms with Gasteiger partial charge in [0.25, 0.3) is 5.91 Å². The molecular formula is C18H15F4NO3S. The van der Waals surface area contributed by atoms with Gasteiger partial charge in [-0.25, -0.2) is 4.39 Å². The van der Waals surface area contributed by atoms with E-state index in [4.69, 9.17) is 0 Å². The molecule has 0 aliphatic heterocycles. The average Bonchev–Trinajstić information content (AvgIpc) is 2.61. The van der Waals surface area contributed by atoms with Crippen molar-refractivity contribution in [3.8, 4) is 0 Å². The number of halogens is 4. The highest BCUT2D eigenvalue weighted by Gasteiger charge is 2.29. The van der Waals surface area contributed by atoms with Gasteiger partial charge in [0.1, 0.15) is 5.82 Å². The number of hydrogen-bond acceptors (Lipinski definition) is 4. The third kappa shape index (κ3) is 6.59. The highest BCUT2D eigenvalue weighted by Crippen LogP contribution is 2.36. The third-order valence-corrected chi connectivity index (χ3v) is 4.27. The van der Waals surface area contributed by atoms with E-state index in [0.717, 1.165) is 0 Å². The van der Waals surface area contributed by atoms with Crippen molar-refractivity contribution in [3.05, 3.63) is 65.5 Å². The molecule has 0 aliphatic rings. The first-order valence-corrected chi connectivity index (χ1v) is 8.48. The zero-order valence-electron chi connectivity index (χ0n) is 14.0. The molecule has 0 spiro atoms. The quantitative estimate of drug-likeness (QED) is 0.441. The minimum Gasteiger partial charge on any atom is -0.469 e. The summed E-state index contributed by atoms with van der Waals surface area (Å²) in [7, 11) is 1.20. The molecule has 0 aliphatic carbocycles. The van der Waals surface area contributed by atoms with Crippen molar-refractivity contribution < 1.29 is 31.9 Å². The Balaban J connectivity index is 2.14. The van der Waals surface area contributed by atoms with Crippen LogP contribution >= 0.6 is 11.8 Å². The predicted octanol–water partition coefficient (Wildman–Crippen LogP) is 4.47. The normalized spacial score (nSPS) is 12.3. The van der Waals surface area contributed by atoms with Gasteiger partial charge in [-0.05, 0) is 53.7 Å². The molecule has 0 fully saturated rings. The van der Waals surface area contributed by atoms with Crippen LogP contribution in [0.15, 0.2) is 53.4 Å². The van der Waals surface area contributed by atoms with Gasteiger partial charge in [-0.15, -0.1) is 0 Å². The van der Waals surface area contributed by atoms with E-state index in [1.807, 2.05) is 0 Å². The van der Waals surface area contributed by atoms with Crippen LogP contribution in [0.3, 0.4) is 0 Å². The lowest BCUT2D eigenvalue weighted by molar-refractivity contribution is -0.141. The van der Waals surface area contributed by atoms with Crippen LogP contribution in [0.4, 0.5) is 17.6 Å². The fourth-order valence-corrected chi connectivity index (χ4v) is 2.79. The molecule has 4 nitrogen and oxygen atoms in total. The van der Waals surface area contributed by atoms with E-state index < -0.39 is 29.2 Å². The first-order chi connectivity index (χ1) is 12.7. The molecule has 0 bridgehead atoms. The monoisotopic (exact) mass is 401 g/mol. The molecule has 1 atom stereocenters. The molecule has 144 valence electrons. The average molecular weight is 401 g/mol. The van der Waals surface area contributed by atoms with E-state index in [1.54, 1.807) is 0 Å². The maximum atomic E-state index is 13.1. The lowest BCUT2D eigenvalue weighted by Gasteiger charge is -2.18. The van der Waals surface area contributed by atoms with Gasteiger partial charge in [-0.3, -0.25) is 9.59 Å². The van der Waals surface area contributed by atoms with Crippen LogP contribution < -0.4 is 5.32 Å². The largest absolute Gasteiger partial charge is 0.469 e. The second kappa shape index (κ2) is 8.90. The second-order valence-corrected chi connectivity index (χ2v) is 6.57. The minimum absolute atomic E-state index is 0.0521. The summed E-state index contributed by atoms with van der Waals surface area (Å²) in [5.74, 6) is -1.64. The highest BCUT2D eigenvalue weighted by atomic mass is 32.2. The zero-order chi connectivity index (χ0) is 20.0. The summed E-state index contributed by atoms with van der Waals surface area (Å²) in [4.78, 5) is 23.9. The van der Waals surface area contributed by atoms with Crippen LogP contribution in [-0.2, 0) is 9.53 Å². The fourth-order valence-electron chi connectivity index (χ4n) is 2.25. The number of carbonyl (C=O) groups excluding carboxylic acids is 2. The molecule has 2 aromatic rings. The van der Waals surface area contributed by atoms with E-state index >= 15 is 0 Å². The van der Waals surface area contributed by atoms with Crippen molar-refractivity contribution in [1.29, 1.82) is 0 Å². The molecule has 0 aromatic heterocycles. The molecule has 0 heterocycles. The van der Waals surface area contributed by atoms with Gasteiger partial charge in [0.05, 0.1) is 19.6 Å². The van der Waals surface area contributed by atoms with E-state index in [-0.39, 0.29) is 28.6 Å². The van der Waals surface area contributed by atoms with Crippen LogP contribution in [0.1, 0.15) is 28.4 Å². The Kier molecular flexibility index (Phi) is 6.84. The summed E-state index contributed by atoms with van der Waals surface area (Å²) in [6.07, 6.45) is -0.185. The molecule has 2 aromatic carbocycles. The first kappa shape index (κ1) is 20.8. The smallest absolute Gasteiger partial charge is 0.446 e. The predicted molar refractivity (Wildman–Crippen MR) is 91.6 cm³/mol. The number of alkyl halides is 3. The molecule has 27 heavy (non-hydrogen) atoms. The second-order valence-electron chi connectivity index (χ2n) is 5.43. The molecule has 0 saturated carbocycles. The van der Waals surface area contributed by atoms with Crippen molar-refractivity contribution in [2.45, 2.75) is 22.9 Å². The Labute approximate surface area is 156 Å². The van der Waals surface area contributed by atoms with Gasteiger partial charge in [-0.2, -0.15) is 13.2 Å². The first-order valence-electron chi connectivity index (χ1n) is 7.67. The maximum absolute atomic E-state index is 13.1. The number of rotatable bonds is 6. The maximum Gasteiger partial charge on any atom is 0.446 e.